The van der Waals surface area contributed by atoms with Crippen LogP contribution in [0.4, 0.5) is 11.4 Å². The summed E-state index contributed by atoms with van der Waals surface area (Å²) in [5.41, 5.74) is 7.54. The molecule has 0 atom stereocenters. The average Bonchev–Trinajstić information content (AvgIpc) is 2.36. The van der Waals surface area contributed by atoms with Crippen molar-refractivity contribution in [3.05, 3.63) is 50.8 Å². The van der Waals surface area contributed by atoms with Crippen LogP contribution in [0, 0.1) is 3.57 Å². The van der Waals surface area contributed by atoms with Crippen molar-refractivity contribution in [3.8, 4) is 0 Å². The van der Waals surface area contributed by atoms with Gasteiger partial charge in [0.05, 0.1) is 24.0 Å². The lowest BCUT2D eigenvalue weighted by Crippen LogP contribution is -2.15. The normalized spacial score (nSPS) is 10.2. The first kappa shape index (κ1) is 14.1. The molecule has 1 aromatic heterocycles. The van der Waals surface area contributed by atoms with E-state index in [4.69, 9.17) is 17.3 Å². The van der Waals surface area contributed by atoms with Crippen molar-refractivity contribution >= 4 is 51.5 Å². The van der Waals surface area contributed by atoms with E-state index in [0.29, 0.717) is 16.4 Å². The van der Waals surface area contributed by atoms with Crippen LogP contribution in [0.15, 0.2) is 36.5 Å². The van der Waals surface area contributed by atoms with E-state index >= 15 is 0 Å². The summed E-state index contributed by atoms with van der Waals surface area (Å²) in [5, 5.41) is 3.47. The van der Waals surface area contributed by atoms with Crippen molar-refractivity contribution in [2.24, 2.45) is 0 Å². The molecule has 2 aromatic rings. The maximum atomic E-state index is 11.9. The van der Waals surface area contributed by atoms with E-state index in [1.54, 1.807) is 30.3 Å². The van der Waals surface area contributed by atoms with Crippen LogP contribution in [0.1, 0.15) is 5.69 Å². The number of aromatic nitrogens is 1. The van der Waals surface area contributed by atoms with Gasteiger partial charge in [-0.25, -0.2) is 0 Å². The van der Waals surface area contributed by atoms with Gasteiger partial charge < -0.3 is 11.1 Å². The van der Waals surface area contributed by atoms with E-state index in [2.05, 4.69) is 32.9 Å². The summed E-state index contributed by atoms with van der Waals surface area (Å²) >= 11 is 7.98. The molecule has 4 nitrogen and oxygen atoms in total. The lowest BCUT2D eigenvalue weighted by molar-refractivity contribution is -0.115. The van der Waals surface area contributed by atoms with E-state index in [1.807, 2.05) is 0 Å². The number of halogens is 2. The maximum Gasteiger partial charge on any atom is 0.230 e. The Morgan fingerprint density at radius 2 is 2.16 bits per heavy atom. The Hall–Kier alpha value is -1.34. The highest BCUT2D eigenvalue weighted by molar-refractivity contribution is 14.1. The van der Waals surface area contributed by atoms with Crippen molar-refractivity contribution in [3.63, 3.8) is 0 Å². The molecule has 0 bridgehead atoms. The van der Waals surface area contributed by atoms with Crippen LogP contribution in [0.2, 0.25) is 5.02 Å². The van der Waals surface area contributed by atoms with Gasteiger partial charge in [-0.15, -0.1) is 0 Å². The van der Waals surface area contributed by atoms with Crippen LogP contribution in [0.5, 0.6) is 0 Å². The largest absolute Gasteiger partial charge is 0.397 e. The van der Waals surface area contributed by atoms with Crippen LogP contribution in [-0.4, -0.2) is 10.9 Å². The van der Waals surface area contributed by atoms with Crippen LogP contribution < -0.4 is 11.1 Å². The summed E-state index contributed by atoms with van der Waals surface area (Å²) < 4.78 is 0.892. The van der Waals surface area contributed by atoms with E-state index in [0.717, 1.165) is 9.26 Å². The first-order valence-corrected chi connectivity index (χ1v) is 6.95. The van der Waals surface area contributed by atoms with Gasteiger partial charge in [0.2, 0.25) is 5.91 Å². The molecule has 1 amide bonds. The highest BCUT2D eigenvalue weighted by Crippen LogP contribution is 2.22. The number of carbonyl (C=O) groups excluding carboxylic acids is 1. The number of benzene rings is 1. The van der Waals surface area contributed by atoms with Gasteiger partial charge in [-0.05, 0) is 52.9 Å². The van der Waals surface area contributed by atoms with Crippen molar-refractivity contribution in [2.45, 2.75) is 6.42 Å². The van der Waals surface area contributed by atoms with E-state index in [1.165, 1.54) is 6.20 Å². The summed E-state index contributed by atoms with van der Waals surface area (Å²) in [6, 6.07) is 8.77. The van der Waals surface area contributed by atoms with Gasteiger partial charge in [-0.3, -0.25) is 9.78 Å². The third-order valence-electron chi connectivity index (χ3n) is 2.39. The minimum absolute atomic E-state index is 0.127. The molecule has 0 spiro atoms. The first-order chi connectivity index (χ1) is 9.04. The quantitative estimate of drug-likeness (QED) is 0.795. The third-order valence-corrected chi connectivity index (χ3v) is 3.52. The zero-order valence-electron chi connectivity index (χ0n) is 9.86. The van der Waals surface area contributed by atoms with E-state index in [-0.39, 0.29) is 12.3 Å². The Labute approximate surface area is 129 Å². The lowest BCUT2D eigenvalue weighted by atomic mass is 10.2. The molecule has 1 heterocycles. The van der Waals surface area contributed by atoms with Crippen molar-refractivity contribution in [2.75, 3.05) is 11.1 Å². The Bertz CT molecular complexity index is 601. The first-order valence-electron chi connectivity index (χ1n) is 5.50. The van der Waals surface area contributed by atoms with Gasteiger partial charge in [0.25, 0.3) is 0 Å². The maximum absolute atomic E-state index is 11.9. The van der Waals surface area contributed by atoms with Gasteiger partial charge in [0, 0.05) is 14.3 Å². The molecular weight excluding hydrogens is 377 g/mol. The number of hydrogen-bond acceptors (Lipinski definition) is 3. The van der Waals surface area contributed by atoms with E-state index < -0.39 is 0 Å². The second-order valence-electron chi connectivity index (χ2n) is 3.93. The van der Waals surface area contributed by atoms with Crippen molar-refractivity contribution in [1.29, 1.82) is 0 Å². The zero-order chi connectivity index (χ0) is 13.8. The molecule has 2 rings (SSSR count). The molecule has 0 aliphatic carbocycles. The van der Waals surface area contributed by atoms with Crippen LogP contribution in [0.3, 0.4) is 0 Å². The molecule has 0 fully saturated rings. The number of nitrogens with one attached hydrogen (secondary N) is 1. The third kappa shape index (κ3) is 4.07. The van der Waals surface area contributed by atoms with Gasteiger partial charge in [-0.2, -0.15) is 0 Å². The monoisotopic (exact) mass is 387 g/mol. The fourth-order valence-electron chi connectivity index (χ4n) is 1.49. The predicted octanol–water partition coefficient (Wildman–Crippen LogP) is 3.10. The number of pyridine rings is 1. The molecule has 3 N–H and O–H groups in total. The van der Waals surface area contributed by atoms with Crippen LogP contribution in [-0.2, 0) is 11.2 Å². The molecule has 1 aromatic carbocycles. The standard InChI is InChI=1S/C13H11ClIN3O/c14-8-1-4-12(11(15)5-8)18-13(19)6-10-3-2-9(16)7-17-10/h1-5,7H,6,16H2,(H,18,19). The van der Waals surface area contributed by atoms with Gasteiger partial charge in [0.15, 0.2) is 0 Å². The Kier molecular flexibility index (Phi) is 4.60. The Balaban J connectivity index is 2.03. The predicted molar refractivity (Wildman–Crippen MR) is 85.2 cm³/mol. The van der Waals surface area contributed by atoms with Crippen LogP contribution >= 0.6 is 34.2 Å². The lowest BCUT2D eigenvalue weighted by Gasteiger charge is -2.07. The minimum Gasteiger partial charge on any atom is -0.397 e. The summed E-state index contributed by atoms with van der Waals surface area (Å²) in [6.07, 6.45) is 1.74. The average molecular weight is 388 g/mol. The van der Waals surface area contributed by atoms with Gasteiger partial charge in [0.1, 0.15) is 0 Å². The molecule has 6 heteroatoms. The minimum atomic E-state index is -0.127. The SMILES string of the molecule is Nc1ccc(CC(=O)Nc2ccc(Cl)cc2I)nc1. The second-order valence-corrected chi connectivity index (χ2v) is 5.53. The Morgan fingerprint density at radius 1 is 1.37 bits per heavy atom. The molecule has 0 saturated carbocycles. The molecule has 98 valence electrons. The zero-order valence-corrected chi connectivity index (χ0v) is 12.8. The topological polar surface area (TPSA) is 68.0 Å². The van der Waals surface area contributed by atoms with Crippen molar-refractivity contribution < 1.29 is 4.79 Å². The fourth-order valence-corrected chi connectivity index (χ4v) is 2.50. The number of carbonyl (C=O) groups is 1. The molecule has 0 aliphatic rings. The summed E-state index contributed by atoms with van der Waals surface area (Å²) in [4.78, 5) is 16.0. The number of rotatable bonds is 3. The molecule has 19 heavy (non-hydrogen) atoms. The Morgan fingerprint density at radius 3 is 2.79 bits per heavy atom. The summed E-state index contributed by atoms with van der Waals surface area (Å²) in [7, 11) is 0. The molecule has 0 saturated heterocycles. The highest BCUT2D eigenvalue weighted by atomic mass is 127. The van der Waals surface area contributed by atoms with Crippen LogP contribution in [0.25, 0.3) is 0 Å². The molecule has 0 unspecified atom stereocenters. The second kappa shape index (κ2) is 6.21. The fraction of sp³-hybridized carbons (Fsp3) is 0.0769. The summed E-state index contributed by atoms with van der Waals surface area (Å²) in [5.74, 6) is -0.127. The molecule has 0 aliphatic heterocycles. The molecular formula is C13H11ClIN3O. The van der Waals surface area contributed by atoms with E-state index in [9.17, 15) is 4.79 Å². The van der Waals surface area contributed by atoms with Gasteiger partial charge >= 0.3 is 0 Å². The number of hydrogen-bond donors (Lipinski definition) is 2. The number of nitrogens with zero attached hydrogens (tertiary/aromatic N) is 1. The number of nitrogens with two attached hydrogens (primary N) is 1. The number of nitrogen functional groups attached to an aromatic ring is 1. The highest BCUT2D eigenvalue weighted by Gasteiger charge is 2.07. The molecule has 0 radical (unpaired) electrons. The number of anilines is 2. The number of amides is 1. The smallest absolute Gasteiger partial charge is 0.230 e. The van der Waals surface area contributed by atoms with Gasteiger partial charge in [-0.1, -0.05) is 11.6 Å². The van der Waals surface area contributed by atoms with Crippen molar-refractivity contribution in [1.82, 2.24) is 4.98 Å². The summed E-state index contributed by atoms with van der Waals surface area (Å²) in [6.45, 7) is 0.